The summed E-state index contributed by atoms with van der Waals surface area (Å²) in [6, 6.07) is -8.08. The van der Waals surface area contributed by atoms with Gasteiger partial charge in [-0.15, -0.1) is 0 Å². The highest BCUT2D eigenvalue weighted by molar-refractivity contribution is 7.80. The number of aliphatic carboxylic acids is 3. The summed E-state index contributed by atoms with van der Waals surface area (Å²) < 4.78 is 0. The van der Waals surface area contributed by atoms with Crippen LogP contribution in [0.15, 0.2) is 79.0 Å². The molecule has 5 rings (SSSR count). The van der Waals surface area contributed by atoms with Crippen LogP contribution in [0.3, 0.4) is 0 Å². The molecular formula is C94H140N24O29S2. The molecule has 822 valence electrons. The number of thiol groups is 2. The number of nitrogens with zero attached hydrogens (tertiary/aromatic N) is 1. The van der Waals surface area contributed by atoms with Crippen molar-refractivity contribution in [2.45, 2.75) is 254 Å². The number of carboxylic acid groups (broad SMARTS) is 3. The molecule has 55 heteroatoms. The normalized spacial score (nSPS) is 15.7. The molecule has 34 N–H and O–H groups in total. The molecular weight excluding hydrogens is 1990 g/mol. The Hall–Kier alpha value is -14.6. The van der Waals surface area contributed by atoms with Crippen molar-refractivity contribution in [3.63, 3.8) is 0 Å². The highest BCUT2D eigenvalue weighted by Crippen LogP contribution is 2.25. The largest absolute Gasteiger partial charge is 0.508 e. The molecule has 0 unspecified atom stereocenters. The molecule has 1 aliphatic heterocycles. The molecule has 1 aliphatic rings. The second-order valence-corrected chi connectivity index (χ2v) is 37.4. The highest BCUT2D eigenvalue weighted by Gasteiger charge is 2.43. The first-order valence-electron chi connectivity index (χ1n) is 48.2. The molecule has 53 nitrogen and oxygen atoms in total. The number of benzene rings is 3. The van der Waals surface area contributed by atoms with Crippen molar-refractivity contribution in [1.82, 2.24) is 106 Å². The van der Waals surface area contributed by atoms with Crippen molar-refractivity contribution >= 4 is 166 Å². The Morgan fingerprint density at radius 2 is 0.839 bits per heavy atom. The van der Waals surface area contributed by atoms with Gasteiger partial charge in [-0.3, -0.25) is 101 Å². The van der Waals surface area contributed by atoms with E-state index in [1.54, 1.807) is 44.3 Å². The van der Waals surface area contributed by atoms with Gasteiger partial charge in [-0.1, -0.05) is 84.0 Å². The first-order chi connectivity index (χ1) is 70.3. The lowest BCUT2D eigenvalue weighted by atomic mass is 10.0. The van der Waals surface area contributed by atoms with Crippen molar-refractivity contribution in [2.75, 3.05) is 57.4 Å². The molecule has 18 atom stereocenters. The van der Waals surface area contributed by atoms with E-state index in [4.69, 9.17) is 22.6 Å². The number of H-pyrrole nitrogens is 1. The third-order valence-corrected chi connectivity index (χ3v) is 24.4. The average molecular weight is 2130 g/mol. The molecule has 0 aliphatic carbocycles. The van der Waals surface area contributed by atoms with E-state index in [0.29, 0.717) is 41.3 Å². The number of hydrogen-bond donors (Lipinski definition) is 33. The summed E-state index contributed by atoms with van der Waals surface area (Å²) in [4.78, 5) is 292. The minimum absolute atomic E-state index is 0.00805. The Kier molecular flexibility index (Phi) is 52.4. The molecule has 4 aromatic rings. The van der Waals surface area contributed by atoms with Gasteiger partial charge in [0.15, 0.2) is 5.96 Å². The number of carbonyl (C=O) groups is 21. The van der Waals surface area contributed by atoms with E-state index in [1.807, 2.05) is 0 Å². The van der Waals surface area contributed by atoms with Gasteiger partial charge in [0.1, 0.15) is 102 Å². The lowest BCUT2D eigenvalue weighted by Gasteiger charge is -2.30. The van der Waals surface area contributed by atoms with Gasteiger partial charge in [-0.05, 0) is 143 Å². The summed E-state index contributed by atoms with van der Waals surface area (Å²) in [5.74, 6) is -27.0. The minimum atomic E-state index is -1.90. The zero-order chi connectivity index (χ0) is 111. The van der Waals surface area contributed by atoms with Crippen molar-refractivity contribution in [1.29, 1.82) is 5.41 Å². The third-order valence-electron chi connectivity index (χ3n) is 23.7. The maximum atomic E-state index is 15.1. The number of unbranched alkanes of at least 4 members (excludes halogenated alkanes) is 1. The Morgan fingerprint density at radius 3 is 1.34 bits per heavy atom. The van der Waals surface area contributed by atoms with E-state index in [-0.39, 0.29) is 81.2 Å². The van der Waals surface area contributed by atoms with Crippen molar-refractivity contribution in [2.24, 2.45) is 35.0 Å². The number of amides is 18. The number of hydrogen-bond acceptors (Lipinski definition) is 31. The number of fused-ring (bicyclic) bond motifs is 1. The van der Waals surface area contributed by atoms with Crippen molar-refractivity contribution in [3.8, 4) is 11.5 Å². The van der Waals surface area contributed by atoms with Gasteiger partial charge < -0.3 is 164 Å². The lowest BCUT2D eigenvalue weighted by Crippen LogP contribution is -2.63. The molecule has 0 spiro atoms. The van der Waals surface area contributed by atoms with E-state index in [9.17, 15) is 137 Å². The summed E-state index contributed by atoms with van der Waals surface area (Å²) in [6.07, 6.45) is -4.24. The molecule has 1 fully saturated rings. The Balaban J connectivity index is 1.25. The first kappa shape index (κ1) is 125. The summed E-state index contributed by atoms with van der Waals surface area (Å²) in [5.41, 5.74) is 18.6. The maximum Gasteiger partial charge on any atom is 0.326 e. The average Bonchev–Trinajstić information content (AvgIpc) is 1.67. The van der Waals surface area contributed by atoms with Crippen LogP contribution in [0.5, 0.6) is 11.5 Å². The van der Waals surface area contributed by atoms with E-state index in [1.165, 1.54) is 76.2 Å². The number of carboxylic acids is 3. The van der Waals surface area contributed by atoms with E-state index < -0.39 is 321 Å². The number of carbonyl (C=O) groups excluding carboxylic acids is 18. The van der Waals surface area contributed by atoms with Crippen LogP contribution in [-0.4, -0.2) is 347 Å². The van der Waals surface area contributed by atoms with Crippen LogP contribution in [-0.2, 0) is 120 Å². The van der Waals surface area contributed by atoms with Crippen LogP contribution in [0.25, 0.3) is 10.9 Å². The van der Waals surface area contributed by atoms with Gasteiger partial charge in [0.05, 0.1) is 44.5 Å². The number of phenolic OH excluding ortho intramolecular Hbond substituents is 2. The second kappa shape index (κ2) is 62.6. The number of aliphatic hydroxyl groups excluding tert-OH is 3. The van der Waals surface area contributed by atoms with E-state index in [2.05, 4.69) is 126 Å². The number of nitrogens with one attached hydrogen (secondary N) is 20. The van der Waals surface area contributed by atoms with Crippen LogP contribution in [0.2, 0.25) is 0 Å². The molecule has 1 aromatic heterocycles. The summed E-state index contributed by atoms with van der Waals surface area (Å²) in [5, 5.41) is 133. The van der Waals surface area contributed by atoms with Gasteiger partial charge in [0.2, 0.25) is 106 Å². The molecule has 149 heavy (non-hydrogen) atoms. The van der Waals surface area contributed by atoms with Gasteiger partial charge in [-0.2, -0.15) is 25.3 Å². The topological polar surface area (TPSA) is 858 Å². The maximum absolute atomic E-state index is 15.1. The fraction of sp³-hybridized carbons (Fsp3) is 0.553. The summed E-state index contributed by atoms with van der Waals surface area (Å²) >= 11 is 8.51. The summed E-state index contributed by atoms with van der Waals surface area (Å²) in [7, 11) is 0. The number of rotatable bonds is 64. The van der Waals surface area contributed by atoms with Crippen LogP contribution in [0, 0.1) is 23.2 Å². The molecule has 0 saturated carbocycles. The predicted molar refractivity (Wildman–Crippen MR) is 540 cm³/mol. The summed E-state index contributed by atoms with van der Waals surface area (Å²) in [6.45, 7) is 7.94. The van der Waals surface area contributed by atoms with Gasteiger partial charge in [-0.25, -0.2) is 4.79 Å². The Bertz CT molecular complexity index is 5310. The highest BCUT2D eigenvalue weighted by atomic mass is 32.1. The Morgan fingerprint density at radius 1 is 0.430 bits per heavy atom. The van der Waals surface area contributed by atoms with Gasteiger partial charge in [0, 0.05) is 73.8 Å². The Labute approximate surface area is 868 Å². The van der Waals surface area contributed by atoms with Crippen LogP contribution in [0.4, 0.5) is 0 Å². The fourth-order valence-corrected chi connectivity index (χ4v) is 15.8. The number of likely N-dealkylation sites (tertiary alicyclic amines) is 1. The third kappa shape index (κ3) is 41.9. The number of phenols is 2. The number of aromatic nitrogens is 1. The van der Waals surface area contributed by atoms with Crippen LogP contribution < -0.4 is 113 Å². The van der Waals surface area contributed by atoms with Crippen molar-refractivity contribution in [3.05, 3.63) is 95.7 Å². The minimum Gasteiger partial charge on any atom is -0.508 e. The quantitative estimate of drug-likeness (QED) is 0.00845. The number of para-hydroxylation sites is 1. The van der Waals surface area contributed by atoms with E-state index >= 15 is 4.79 Å². The van der Waals surface area contributed by atoms with Crippen LogP contribution in [0.1, 0.15) is 143 Å². The molecule has 0 radical (unpaired) electrons. The number of nitrogens with two attached hydrogens (primary N) is 3. The fourth-order valence-electron chi connectivity index (χ4n) is 15.3. The molecule has 3 aromatic carbocycles. The monoisotopic (exact) mass is 2130 g/mol. The predicted octanol–water partition coefficient (Wildman–Crippen LogP) is -8.15. The second-order valence-electron chi connectivity index (χ2n) is 36.6. The number of aliphatic hydroxyl groups is 3. The van der Waals surface area contributed by atoms with Gasteiger partial charge >= 0.3 is 17.9 Å². The zero-order valence-electron chi connectivity index (χ0n) is 83.6. The first-order valence-corrected chi connectivity index (χ1v) is 49.4. The number of aromatic hydroxyl groups is 2. The van der Waals surface area contributed by atoms with Crippen LogP contribution >= 0.6 is 25.3 Å². The number of guanidine groups is 1. The van der Waals surface area contributed by atoms with E-state index in [0.717, 1.165) is 18.7 Å². The molecule has 0 bridgehead atoms. The smallest absolute Gasteiger partial charge is 0.326 e. The lowest BCUT2D eigenvalue weighted by molar-refractivity contribution is -0.143. The molecule has 18 amide bonds. The SMILES string of the molecule is CC(C)[C@H](NC(=O)CNC(=O)CNC(=O)[C@H](Cc1ccc(O)cc1)NC(=O)[C@H](CCC(=O)O)NC(=O)CNC(=O)[C@@H]1CCCN1C(=O)[C@H](Cc1c[nH]c2ccccc12)NC(=O)[C@H](CS)NC(=O)[C@@H](NC(=O)[C@@H](NC(=O)[C@@H](NC(=O)[C@@H](N)CCCNC(=N)N)C(C)C)[C@@H](C)O)[C@@H](C)O)C(=O)N[C@@H](CCC(=O)O)C(=O)N[C@@H](CS)C(=O)N[C@@H](Cc1ccc(O)cc1)C(=O)N[C@@H](CO)C(=O)N[C@H](C(=O)N[C@@H](CCCCN)C(=O)O)C(C)C. The zero-order valence-corrected chi connectivity index (χ0v) is 85.4. The number of aromatic amines is 1. The molecule has 1 saturated heterocycles. The van der Waals surface area contributed by atoms with Crippen molar-refractivity contribution < 1.29 is 142 Å². The molecule has 2 heterocycles. The standard InChI is InChI=1S/C94H140N24O29S2/c1-45(2)73(87(140)105-59(29-31-72(129)130)81(134)111-65(43-148)84(137)108-62(36-51-22-26-54(123)27-23-51)82(135)110-64(42-119)83(136)115-74(46(3)4)88(141)106-60(93(146)147)18-11-12-32-95)113-70(126)40-101-68(124)39-102-79(132)61(35-50-20-24-53(122)25-21-50)107-80(133)58(28-30-71(127)128)104-69(125)41-103-86(139)67-19-14-34-118(67)92(145)63(37-52-38-100-57-17-10-9-15-55(52)57)109-85(138)66(44-149)112-90(143)76(48(7)120)117-91(144)77(49(8)121)116-89(142)75(47(5)6)114-78(131)56(96)16-13-33-99-94(97)98/h9-10,15,17,20-27,38,45-49,56,58-67,73-77,100,119-123,148-149H,11-14,16,18-19,28-37,39-44,95-96H2,1-8H3,(H,101,124)(H,102,132)(H,103,139)(H,104,125)(H,105,140)(H,106,141)(H,107,133)(H,108,137)(H,109,138)(H,110,135)(H,111,134)(H,112,143)(H,113,126)(H,114,131)(H,115,136)(H,116,142)(H,117,144)(H,127,128)(H,129,130)(H,146,147)(H4,97,98,99)/t48-,49-,56+,58+,59+,60+,61+,62+,63+,64+,65+,66+,67+,73+,74+,75+,76+,77+/m1/s1. The van der Waals surface area contributed by atoms with Gasteiger partial charge in [0.25, 0.3) is 0 Å².